The number of ether oxygens (including phenoxy) is 2. The molecule has 1 aliphatic rings. The number of H-pyrrole nitrogens is 2. The standard InChI is InChI=1S/C22H22ClN5O3/c1-13(28-6-8-30-9-7-28)12-31-15-3-5-16-19(11-15)26-21(25-16)20-22(29)27-17-4-2-14(23)10-18(17)24-20/h2-5,10-11,13H,6-9,12H2,1H3,(H,25,26)(H,27,29). The molecule has 1 atom stereocenters. The zero-order valence-electron chi connectivity index (χ0n) is 17.0. The van der Waals surface area contributed by atoms with Gasteiger partial charge in [-0.25, -0.2) is 9.97 Å². The number of rotatable bonds is 5. The number of fused-ring (bicyclic) bond motifs is 2. The molecule has 1 saturated heterocycles. The number of halogens is 1. The van der Waals surface area contributed by atoms with E-state index in [2.05, 4.69) is 31.8 Å². The van der Waals surface area contributed by atoms with Gasteiger partial charge in [0.2, 0.25) is 0 Å². The number of aromatic nitrogens is 4. The summed E-state index contributed by atoms with van der Waals surface area (Å²) >= 11 is 6.06. The summed E-state index contributed by atoms with van der Waals surface area (Å²) in [6.07, 6.45) is 0. The van der Waals surface area contributed by atoms with Crippen LogP contribution in [0.2, 0.25) is 5.02 Å². The number of imidazole rings is 1. The Bertz CT molecular complexity index is 1300. The van der Waals surface area contributed by atoms with Gasteiger partial charge in [-0.2, -0.15) is 0 Å². The number of benzene rings is 2. The van der Waals surface area contributed by atoms with Crippen LogP contribution in [0.15, 0.2) is 41.2 Å². The fourth-order valence-electron chi connectivity index (χ4n) is 3.75. The van der Waals surface area contributed by atoms with Gasteiger partial charge >= 0.3 is 0 Å². The molecule has 160 valence electrons. The maximum Gasteiger partial charge on any atom is 0.278 e. The van der Waals surface area contributed by atoms with E-state index in [4.69, 9.17) is 21.1 Å². The van der Waals surface area contributed by atoms with E-state index >= 15 is 0 Å². The lowest BCUT2D eigenvalue weighted by Crippen LogP contribution is -2.44. The van der Waals surface area contributed by atoms with Gasteiger partial charge in [0, 0.05) is 30.2 Å². The zero-order chi connectivity index (χ0) is 21.4. The van der Waals surface area contributed by atoms with Crippen molar-refractivity contribution >= 4 is 33.7 Å². The van der Waals surface area contributed by atoms with Gasteiger partial charge in [-0.15, -0.1) is 0 Å². The van der Waals surface area contributed by atoms with Crippen LogP contribution in [0, 0.1) is 0 Å². The molecule has 3 heterocycles. The van der Waals surface area contributed by atoms with E-state index in [9.17, 15) is 4.79 Å². The van der Waals surface area contributed by atoms with E-state index in [0.29, 0.717) is 34.5 Å². The molecule has 2 aromatic carbocycles. The summed E-state index contributed by atoms with van der Waals surface area (Å²) in [4.78, 5) is 29.9. The Kier molecular flexibility index (Phi) is 5.35. The van der Waals surface area contributed by atoms with Crippen LogP contribution in [-0.2, 0) is 4.74 Å². The molecular weight excluding hydrogens is 418 g/mol. The molecule has 8 nitrogen and oxygen atoms in total. The van der Waals surface area contributed by atoms with Crippen LogP contribution in [0.4, 0.5) is 0 Å². The Morgan fingerprint density at radius 3 is 2.77 bits per heavy atom. The Labute approximate surface area is 183 Å². The second-order valence-corrected chi connectivity index (χ2v) is 8.09. The molecule has 1 fully saturated rings. The van der Waals surface area contributed by atoms with Crippen LogP contribution in [0.3, 0.4) is 0 Å². The van der Waals surface area contributed by atoms with Gasteiger partial charge in [0.25, 0.3) is 5.56 Å². The molecule has 5 rings (SSSR count). The second-order valence-electron chi connectivity index (χ2n) is 7.65. The molecule has 2 aromatic heterocycles. The van der Waals surface area contributed by atoms with Crippen molar-refractivity contribution in [2.45, 2.75) is 13.0 Å². The molecule has 0 saturated carbocycles. The first-order valence-electron chi connectivity index (χ1n) is 10.2. The second kappa shape index (κ2) is 8.30. The van der Waals surface area contributed by atoms with Gasteiger partial charge in [-0.3, -0.25) is 9.69 Å². The average molecular weight is 440 g/mol. The van der Waals surface area contributed by atoms with E-state index in [0.717, 1.165) is 43.1 Å². The molecule has 0 radical (unpaired) electrons. The highest BCUT2D eigenvalue weighted by Crippen LogP contribution is 2.23. The quantitative estimate of drug-likeness (QED) is 0.495. The molecule has 31 heavy (non-hydrogen) atoms. The smallest absolute Gasteiger partial charge is 0.278 e. The summed E-state index contributed by atoms with van der Waals surface area (Å²) in [6, 6.07) is 11.1. The van der Waals surface area contributed by atoms with Gasteiger partial charge in [-0.1, -0.05) is 11.6 Å². The van der Waals surface area contributed by atoms with E-state index in [1.165, 1.54) is 0 Å². The Morgan fingerprint density at radius 1 is 1.10 bits per heavy atom. The van der Waals surface area contributed by atoms with Gasteiger partial charge in [-0.05, 0) is 37.3 Å². The van der Waals surface area contributed by atoms with Crippen LogP contribution in [-0.4, -0.2) is 63.8 Å². The predicted octanol–water partition coefficient (Wildman–Crippen LogP) is 3.22. The number of nitrogens with one attached hydrogen (secondary N) is 2. The fraction of sp³-hybridized carbons (Fsp3) is 0.318. The highest BCUT2D eigenvalue weighted by molar-refractivity contribution is 6.31. The van der Waals surface area contributed by atoms with Crippen LogP contribution < -0.4 is 10.3 Å². The van der Waals surface area contributed by atoms with E-state index in [-0.39, 0.29) is 11.3 Å². The lowest BCUT2D eigenvalue weighted by Gasteiger charge is -2.32. The van der Waals surface area contributed by atoms with Crippen molar-refractivity contribution in [3.63, 3.8) is 0 Å². The topological polar surface area (TPSA) is 96.1 Å². The van der Waals surface area contributed by atoms with Crippen molar-refractivity contribution in [3.8, 4) is 17.3 Å². The van der Waals surface area contributed by atoms with Crippen molar-refractivity contribution < 1.29 is 9.47 Å². The average Bonchev–Trinajstić information content (AvgIpc) is 3.21. The number of hydrogen-bond acceptors (Lipinski definition) is 6. The van der Waals surface area contributed by atoms with Crippen molar-refractivity contribution in [2.24, 2.45) is 0 Å². The highest BCUT2D eigenvalue weighted by atomic mass is 35.5. The van der Waals surface area contributed by atoms with Crippen molar-refractivity contribution in [2.75, 3.05) is 32.9 Å². The van der Waals surface area contributed by atoms with Crippen LogP contribution in [0.5, 0.6) is 5.75 Å². The molecule has 1 unspecified atom stereocenters. The summed E-state index contributed by atoms with van der Waals surface area (Å²) in [5.74, 6) is 1.15. The third-order valence-electron chi connectivity index (χ3n) is 5.49. The maximum absolute atomic E-state index is 12.5. The van der Waals surface area contributed by atoms with E-state index in [1.54, 1.807) is 18.2 Å². The molecule has 4 aromatic rings. The number of morpholine rings is 1. The monoisotopic (exact) mass is 439 g/mol. The summed E-state index contributed by atoms with van der Waals surface area (Å²) in [7, 11) is 0. The fourth-order valence-corrected chi connectivity index (χ4v) is 3.91. The SMILES string of the molecule is CC(COc1ccc2nc(-c3nc4cc(Cl)ccc4[nH]c3=O)[nH]c2c1)N1CCOCC1. The lowest BCUT2D eigenvalue weighted by molar-refractivity contribution is 0.0105. The van der Waals surface area contributed by atoms with Crippen LogP contribution >= 0.6 is 11.6 Å². The van der Waals surface area contributed by atoms with E-state index < -0.39 is 0 Å². The van der Waals surface area contributed by atoms with E-state index in [1.807, 2.05) is 18.2 Å². The minimum Gasteiger partial charge on any atom is -0.492 e. The molecule has 0 amide bonds. The predicted molar refractivity (Wildman–Crippen MR) is 120 cm³/mol. The first-order valence-corrected chi connectivity index (χ1v) is 10.6. The third-order valence-corrected chi connectivity index (χ3v) is 5.73. The Hall–Kier alpha value is -2.94. The third kappa shape index (κ3) is 4.14. The minimum absolute atomic E-state index is 0.217. The molecule has 2 N–H and O–H groups in total. The van der Waals surface area contributed by atoms with Gasteiger partial charge in [0.05, 0.1) is 35.3 Å². The first-order chi connectivity index (χ1) is 15.1. The summed E-state index contributed by atoms with van der Waals surface area (Å²) in [5, 5.41) is 0.552. The number of aromatic amines is 2. The molecule has 9 heteroatoms. The molecular formula is C22H22ClN5O3. The number of nitrogens with zero attached hydrogens (tertiary/aromatic N) is 3. The van der Waals surface area contributed by atoms with Gasteiger partial charge in [0.1, 0.15) is 12.4 Å². The maximum atomic E-state index is 12.5. The van der Waals surface area contributed by atoms with Crippen LogP contribution in [0.1, 0.15) is 6.92 Å². The minimum atomic E-state index is -0.315. The highest BCUT2D eigenvalue weighted by Gasteiger charge is 2.18. The van der Waals surface area contributed by atoms with Gasteiger partial charge < -0.3 is 19.4 Å². The van der Waals surface area contributed by atoms with Crippen molar-refractivity contribution in [1.29, 1.82) is 0 Å². The summed E-state index contributed by atoms with van der Waals surface area (Å²) in [5.41, 5.74) is 2.64. The molecule has 0 aliphatic carbocycles. The normalized spacial score (nSPS) is 16.1. The summed E-state index contributed by atoms with van der Waals surface area (Å²) in [6.45, 7) is 6.11. The Morgan fingerprint density at radius 2 is 1.94 bits per heavy atom. The Balaban J connectivity index is 1.39. The van der Waals surface area contributed by atoms with Gasteiger partial charge in [0.15, 0.2) is 11.5 Å². The van der Waals surface area contributed by atoms with Crippen molar-refractivity contribution in [1.82, 2.24) is 24.8 Å². The molecule has 0 bridgehead atoms. The molecule has 0 spiro atoms. The van der Waals surface area contributed by atoms with Crippen molar-refractivity contribution in [3.05, 3.63) is 51.8 Å². The number of hydrogen-bond donors (Lipinski definition) is 2. The summed E-state index contributed by atoms with van der Waals surface area (Å²) < 4.78 is 11.4. The lowest BCUT2D eigenvalue weighted by atomic mass is 10.2. The largest absolute Gasteiger partial charge is 0.492 e. The molecule has 1 aliphatic heterocycles. The van der Waals surface area contributed by atoms with Crippen LogP contribution in [0.25, 0.3) is 33.6 Å². The first kappa shape index (κ1) is 20.0. The zero-order valence-corrected chi connectivity index (χ0v) is 17.8.